The molecule has 0 amide bonds. The predicted molar refractivity (Wildman–Crippen MR) is 43.0 cm³/mol. The van der Waals surface area contributed by atoms with E-state index >= 15 is 0 Å². The van der Waals surface area contributed by atoms with Gasteiger partial charge in [-0.3, -0.25) is 0 Å². The van der Waals surface area contributed by atoms with Crippen molar-refractivity contribution >= 4 is 0 Å². The Balaban J connectivity index is 2.64. The zero-order valence-electron chi connectivity index (χ0n) is 7.20. The van der Waals surface area contributed by atoms with Crippen molar-refractivity contribution in [3.63, 3.8) is 0 Å². The molecule has 0 aromatic carbocycles. The monoisotopic (exact) mass is 191 g/mol. The van der Waals surface area contributed by atoms with Crippen molar-refractivity contribution in [1.29, 1.82) is 0 Å². The lowest BCUT2D eigenvalue weighted by molar-refractivity contribution is -0.213. The van der Waals surface area contributed by atoms with E-state index in [2.05, 4.69) is 5.18 Å². The Hall–Kier alpha value is -0.560. The average molecular weight is 191 g/mol. The number of nitrogens with zero attached hydrogens (tertiary/aromatic N) is 1. The second-order valence-corrected chi connectivity index (χ2v) is 3.16. The smallest absolute Gasteiger partial charge is 0.111 e. The fourth-order valence-electron chi connectivity index (χ4n) is 1.36. The first kappa shape index (κ1) is 10.5. The largest absolute Gasteiger partial charge is 0.388 e. The molecule has 1 rings (SSSR count). The quantitative estimate of drug-likeness (QED) is 0.467. The summed E-state index contributed by atoms with van der Waals surface area (Å²) in [6.07, 6.45) is -5.10. The van der Waals surface area contributed by atoms with E-state index in [1.54, 1.807) is 6.92 Å². The van der Waals surface area contributed by atoms with E-state index in [0.29, 0.717) is 0 Å². The van der Waals surface area contributed by atoms with Gasteiger partial charge < -0.3 is 20.1 Å². The van der Waals surface area contributed by atoms with Crippen LogP contribution in [0.25, 0.3) is 0 Å². The molecule has 3 N–H and O–H groups in total. The van der Waals surface area contributed by atoms with Crippen LogP contribution in [0.15, 0.2) is 5.18 Å². The van der Waals surface area contributed by atoms with Gasteiger partial charge in [0.25, 0.3) is 0 Å². The molecule has 1 aliphatic rings. The van der Waals surface area contributed by atoms with Crippen LogP contribution in [0, 0.1) is 4.91 Å². The van der Waals surface area contributed by atoms with Gasteiger partial charge in [-0.2, -0.15) is 4.91 Å². The van der Waals surface area contributed by atoms with Crippen molar-refractivity contribution in [2.75, 3.05) is 6.54 Å². The van der Waals surface area contributed by atoms with Crippen LogP contribution in [-0.2, 0) is 4.74 Å². The van der Waals surface area contributed by atoms with Crippen molar-refractivity contribution in [1.82, 2.24) is 0 Å². The maximum absolute atomic E-state index is 9.93. The van der Waals surface area contributed by atoms with Crippen LogP contribution in [-0.4, -0.2) is 52.4 Å². The zero-order chi connectivity index (χ0) is 10.0. The summed E-state index contributed by atoms with van der Waals surface area (Å²) in [5, 5.41) is 30.4. The number of hydrogen-bond donors (Lipinski definition) is 3. The summed E-state index contributed by atoms with van der Waals surface area (Å²) in [6, 6.07) is 0. The highest BCUT2D eigenvalue weighted by Gasteiger charge is 2.41. The minimum absolute atomic E-state index is 0.227. The molecule has 5 atom stereocenters. The average Bonchev–Trinajstić information content (AvgIpc) is 2.11. The minimum atomic E-state index is -1.28. The Morgan fingerprint density at radius 2 is 1.85 bits per heavy atom. The molecule has 6 heteroatoms. The van der Waals surface area contributed by atoms with Gasteiger partial charge in [0.05, 0.1) is 6.10 Å². The van der Waals surface area contributed by atoms with E-state index in [1.165, 1.54) is 0 Å². The molecule has 1 saturated heterocycles. The molecule has 13 heavy (non-hydrogen) atoms. The van der Waals surface area contributed by atoms with Gasteiger partial charge in [-0.15, -0.1) is 0 Å². The van der Waals surface area contributed by atoms with Crippen LogP contribution in [0.4, 0.5) is 0 Å². The van der Waals surface area contributed by atoms with Crippen molar-refractivity contribution in [2.45, 2.75) is 37.4 Å². The fraction of sp³-hybridized carbons (Fsp3) is 1.00. The number of ether oxygens (including phenoxy) is 1. The van der Waals surface area contributed by atoms with Crippen LogP contribution >= 0.6 is 0 Å². The van der Waals surface area contributed by atoms with Crippen LogP contribution in [0.2, 0.25) is 0 Å². The van der Waals surface area contributed by atoms with Crippen LogP contribution < -0.4 is 0 Å². The Morgan fingerprint density at radius 1 is 1.23 bits per heavy atom. The Bertz CT molecular complexity index is 188. The van der Waals surface area contributed by atoms with Gasteiger partial charge in [-0.05, 0) is 6.92 Å². The van der Waals surface area contributed by atoms with E-state index in [1.807, 2.05) is 0 Å². The fourth-order valence-corrected chi connectivity index (χ4v) is 1.36. The molecule has 1 fully saturated rings. The molecular formula is C7H13NO5. The second kappa shape index (κ2) is 4.10. The Kier molecular flexibility index (Phi) is 3.32. The normalized spacial score (nSPS) is 46.0. The van der Waals surface area contributed by atoms with Gasteiger partial charge in [0, 0.05) is 0 Å². The SMILES string of the molecule is CC1O[C@H](CN=O)[C@@H](O)[C@@H](O)[C@@H]1O. The molecule has 0 spiro atoms. The molecule has 6 nitrogen and oxygen atoms in total. The maximum Gasteiger partial charge on any atom is 0.111 e. The van der Waals surface area contributed by atoms with E-state index in [-0.39, 0.29) is 6.54 Å². The summed E-state index contributed by atoms with van der Waals surface area (Å²) in [5.41, 5.74) is 0. The summed E-state index contributed by atoms with van der Waals surface area (Å²) in [4.78, 5) is 9.93. The molecule has 76 valence electrons. The lowest BCUT2D eigenvalue weighted by atomic mass is 9.96. The number of hydrogen-bond acceptors (Lipinski definition) is 6. The van der Waals surface area contributed by atoms with Gasteiger partial charge in [-0.25, -0.2) is 0 Å². The number of rotatable bonds is 2. The summed E-state index contributed by atoms with van der Waals surface area (Å²) < 4.78 is 5.07. The lowest BCUT2D eigenvalue weighted by Crippen LogP contribution is -2.57. The number of aliphatic hydroxyl groups excluding tert-OH is 3. The second-order valence-electron chi connectivity index (χ2n) is 3.16. The Morgan fingerprint density at radius 3 is 2.38 bits per heavy atom. The molecule has 1 heterocycles. The third-order valence-corrected chi connectivity index (χ3v) is 2.21. The lowest BCUT2D eigenvalue weighted by Gasteiger charge is -2.38. The van der Waals surface area contributed by atoms with E-state index in [0.717, 1.165) is 0 Å². The first-order valence-corrected chi connectivity index (χ1v) is 4.06. The first-order valence-electron chi connectivity index (χ1n) is 4.06. The summed E-state index contributed by atoms with van der Waals surface area (Å²) in [7, 11) is 0. The van der Waals surface area contributed by atoms with Crippen molar-refractivity contribution in [3.8, 4) is 0 Å². The van der Waals surface area contributed by atoms with Crippen molar-refractivity contribution in [3.05, 3.63) is 4.91 Å². The highest BCUT2D eigenvalue weighted by Crippen LogP contribution is 2.20. The van der Waals surface area contributed by atoms with E-state index in [4.69, 9.17) is 4.74 Å². The first-order chi connectivity index (χ1) is 6.07. The number of nitroso groups, excluding NO2 is 1. The van der Waals surface area contributed by atoms with Gasteiger partial charge in [0.15, 0.2) is 0 Å². The number of aliphatic hydroxyl groups is 3. The van der Waals surface area contributed by atoms with Gasteiger partial charge in [-0.1, -0.05) is 5.18 Å². The summed E-state index contributed by atoms with van der Waals surface area (Å²) in [6.45, 7) is 1.33. The van der Waals surface area contributed by atoms with Crippen LogP contribution in [0.3, 0.4) is 0 Å². The molecule has 0 saturated carbocycles. The van der Waals surface area contributed by atoms with Crippen LogP contribution in [0.1, 0.15) is 6.92 Å². The van der Waals surface area contributed by atoms with Crippen molar-refractivity contribution in [2.24, 2.45) is 5.18 Å². The highest BCUT2D eigenvalue weighted by molar-refractivity contribution is 4.91. The van der Waals surface area contributed by atoms with E-state index < -0.39 is 30.5 Å². The summed E-state index contributed by atoms with van der Waals surface area (Å²) >= 11 is 0. The molecule has 0 aromatic rings. The van der Waals surface area contributed by atoms with Crippen LogP contribution in [0.5, 0.6) is 0 Å². The molecule has 0 aromatic heterocycles. The zero-order valence-corrected chi connectivity index (χ0v) is 7.20. The third kappa shape index (κ3) is 2.02. The molecule has 1 unspecified atom stereocenters. The highest BCUT2D eigenvalue weighted by atomic mass is 16.5. The van der Waals surface area contributed by atoms with Gasteiger partial charge in [0.1, 0.15) is 31.0 Å². The van der Waals surface area contributed by atoms with Gasteiger partial charge >= 0.3 is 0 Å². The molecule has 0 aliphatic carbocycles. The van der Waals surface area contributed by atoms with Gasteiger partial charge in [0.2, 0.25) is 0 Å². The molecular weight excluding hydrogens is 178 g/mol. The Labute approximate surface area is 75.1 Å². The molecule has 1 aliphatic heterocycles. The third-order valence-electron chi connectivity index (χ3n) is 2.21. The standard InChI is InChI=1S/C7H13NO5/c1-3-5(9)7(11)6(10)4(13-3)2-8-12/h3-7,9-11H,2H2,1H3/t3?,4-,5-,6-,7+/m1/s1. The molecule has 0 radical (unpaired) electrons. The molecule has 0 bridgehead atoms. The van der Waals surface area contributed by atoms with E-state index in [9.17, 15) is 20.2 Å². The topological polar surface area (TPSA) is 99.4 Å². The summed E-state index contributed by atoms with van der Waals surface area (Å²) in [5.74, 6) is 0. The maximum atomic E-state index is 9.93. The van der Waals surface area contributed by atoms with Crippen molar-refractivity contribution < 1.29 is 20.1 Å². The minimum Gasteiger partial charge on any atom is -0.388 e. The predicted octanol–water partition coefficient (Wildman–Crippen LogP) is -1.38.